The topological polar surface area (TPSA) is 114 Å². The van der Waals surface area contributed by atoms with Gasteiger partial charge in [-0.1, -0.05) is 0 Å². The number of carbonyl (C=O) groups excluding carboxylic acids is 1. The number of nitrogens with zero attached hydrogens (tertiary/aromatic N) is 3. The smallest absolute Gasteiger partial charge is 0.342 e. The molecule has 2 heterocycles. The lowest BCUT2D eigenvalue weighted by Gasteiger charge is -2.36. The van der Waals surface area contributed by atoms with Crippen molar-refractivity contribution >= 4 is 11.7 Å². The number of aromatic nitrogens is 3. The van der Waals surface area contributed by atoms with Gasteiger partial charge < -0.3 is 15.1 Å². The van der Waals surface area contributed by atoms with E-state index in [1.807, 2.05) is 0 Å². The van der Waals surface area contributed by atoms with Gasteiger partial charge in [0.25, 0.3) is 5.56 Å². The summed E-state index contributed by atoms with van der Waals surface area (Å²) in [6.07, 6.45) is 0. The van der Waals surface area contributed by atoms with Crippen LogP contribution in [0.1, 0.15) is 0 Å². The van der Waals surface area contributed by atoms with E-state index < -0.39 is 17.3 Å². The van der Waals surface area contributed by atoms with Crippen LogP contribution in [0.15, 0.2) is 9.59 Å². The summed E-state index contributed by atoms with van der Waals surface area (Å²) in [4.78, 5) is 40.0. The van der Waals surface area contributed by atoms with Gasteiger partial charge in [-0.2, -0.15) is 0 Å². The van der Waals surface area contributed by atoms with E-state index >= 15 is 0 Å². The van der Waals surface area contributed by atoms with E-state index in [1.54, 1.807) is 19.0 Å². The molecule has 0 bridgehead atoms. The molecule has 0 saturated carbocycles. The zero-order valence-corrected chi connectivity index (χ0v) is 10.8. The first-order valence-electron chi connectivity index (χ1n) is 5.88. The second-order valence-electron chi connectivity index (χ2n) is 4.48. The van der Waals surface area contributed by atoms with Crippen LogP contribution >= 0.6 is 0 Å². The summed E-state index contributed by atoms with van der Waals surface area (Å²) in [5.74, 6) is -0.0686. The quantitative estimate of drug-likeness (QED) is 0.539. The Bertz CT molecular complexity index is 577. The number of anilines is 1. The molecule has 0 aliphatic carbocycles. The molecule has 19 heavy (non-hydrogen) atoms. The Morgan fingerprint density at radius 3 is 2.79 bits per heavy atom. The average Bonchev–Trinajstić information content (AvgIpc) is 2.38. The van der Waals surface area contributed by atoms with Crippen molar-refractivity contribution in [1.82, 2.24) is 25.4 Å². The minimum Gasteiger partial charge on any atom is -0.347 e. The highest BCUT2D eigenvalue weighted by Gasteiger charge is 2.32. The molecule has 104 valence electrons. The minimum atomic E-state index is -0.667. The standard InChI is InChI=1S/C10H16N6O3/c1-15(2)9(18)6-5-11-3-4-16(6)7-8(17)12-10(19)14-13-7/h6,11H,3-5H2,1-2H3,(H2,12,14,17,19). The molecule has 1 aliphatic rings. The van der Waals surface area contributed by atoms with Crippen molar-refractivity contribution < 1.29 is 4.79 Å². The fraction of sp³-hybridized carbons (Fsp3) is 0.600. The van der Waals surface area contributed by atoms with Gasteiger partial charge >= 0.3 is 5.69 Å². The third kappa shape index (κ3) is 2.65. The third-order valence-corrected chi connectivity index (χ3v) is 2.93. The molecule has 3 N–H and O–H groups in total. The summed E-state index contributed by atoms with van der Waals surface area (Å²) in [6.45, 7) is 1.53. The van der Waals surface area contributed by atoms with E-state index in [9.17, 15) is 14.4 Å². The monoisotopic (exact) mass is 268 g/mol. The fourth-order valence-electron chi connectivity index (χ4n) is 2.01. The van der Waals surface area contributed by atoms with Crippen LogP contribution in [-0.2, 0) is 4.79 Å². The van der Waals surface area contributed by atoms with Gasteiger partial charge in [0.1, 0.15) is 6.04 Å². The summed E-state index contributed by atoms with van der Waals surface area (Å²) < 4.78 is 0. The van der Waals surface area contributed by atoms with Crippen molar-refractivity contribution in [1.29, 1.82) is 0 Å². The van der Waals surface area contributed by atoms with Crippen molar-refractivity contribution in [3.63, 3.8) is 0 Å². The van der Waals surface area contributed by atoms with Gasteiger partial charge in [-0.15, -0.1) is 5.10 Å². The van der Waals surface area contributed by atoms with Crippen molar-refractivity contribution in [2.75, 3.05) is 38.6 Å². The van der Waals surface area contributed by atoms with Gasteiger partial charge in [0.05, 0.1) is 0 Å². The summed E-state index contributed by atoms with van der Waals surface area (Å²) in [7, 11) is 3.30. The summed E-state index contributed by atoms with van der Waals surface area (Å²) in [6, 6.07) is -0.511. The molecule has 0 radical (unpaired) electrons. The Hall–Kier alpha value is -2.16. The van der Waals surface area contributed by atoms with Crippen LogP contribution in [0.25, 0.3) is 0 Å². The first-order chi connectivity index (χ1) is 9.00. The largest absolute Gasteiger partial charge is 0.347 e. The molecule has 1 atom stereocenters. The van der Waals surface area contributed by atoms with Gasteiger partial charge in [0.15, 0.2) is 0 Å². The van der Waals surface area contributed by atoms with Crippen molar-refractivity contribution in [3.8, 4) is 0 Å². The highest BCUT2D eigenvalue weighted by atomic mass is 16.2. The lowest BCUT2D eigenvalue weighted by atomic mass is 10.1. The predicted molar refractivity (Wildman–Crippen MR) is 68.2 cm³/mol. The Balaban J connectivity index is 2.36. The second-order valence-corrected chi connectivity index (χ2v) is 4.48. The maximum Gasteiger partial charge on any atom is 0.342 e. The third-order valence-electron chi connectivity index (χ3n) is 2.93. The molecular formula is C10H16N6O3. The van der Waals surface area contributed by atoms with Crippen molar-refractivity contribution in [2.24, 2.45) is 0 Å². The van der Waals surface area contributed by atoms with Gasteiger partial charge in [-0.3, -0.25) is 14.6 Å². The number of nitrogens with one attached hydrogen (secondary N) is 3. The van der Waals surface area contributed by atoms with E-state index in [1.165, 1.54) is 4.90 Å². The Labute approximate surface area is 108 Å². The first kappa shape index (κ1) is 13.3. The van der Waals surface area contributed by atoms with Gasteiger partial charge in [0, 0.05) is 33.7 Å². The number of H-pyrrole nitrogens is 2. The number of amides is 1. The summed E-state index contributed by atoms with van der Waals surface area (Å²) >= 11 is 0. The number of carbonyl (C=O) groups is 1. The summed E-state index contributed by atoms with van der Waals surface area (Å²) in [5, 5.41) is 9.02. The molecule has 1 unspecified atom stereocenters. The molecule has 0 aromatic carbocycles. The number of likely N-dealkylation sites (N-methyl/N-ethyl adjacent to an activating group) is 1. The average molecular weight is 268 g/mol. The van der Waals surface area contributed by atoms with Crippen molar-refractivity contribution in [2.45, 2.75) is 6.04 Å². The van der Waals surface area contributed by atoms with E-state index in [-0.39, 0.29) is 11.7 Å². The molecular weight excluding hydrogens is 252 g/mol. The molecule has 9 nitrogen and oxygen atoms in total. The molecule has 1 saturated heterocycles. The van der Waals surface area contributed by atoms with E-state index in [0.29, 0.717) is 19.6 Å². The van der Waals surface area contributed by atoms with Crippen LogP contribution < -0.4 is 21.5 Å². The predicted octanol–water partition coefficient (Wildman–Crippen LogP) is -2.68. The Morgan fingerprint density at radius 2 is 2.16 bits per heavy atom. The molecule has 1 aromatic rings. The molecule has 9 heteroatoms. The molecule has 0 spiro atoms. The summed E-state index contributed by atoms with van der Waals surface area (Å²) in [5.41, 5.74) is -1.26. The molecule has 1 aliphatic heterocycles. The number of hydrogen-bond acceptors (Lipinski definition) is 6. The Morgan fingerprint density at radius 1 is 1.42 bits per heavy atom. The zero-order chi connectivity index (χ0) is 14.0. The number of piperazine rings is 1. The lowest BCUT2D eigenvalue weighted by molar-refractivity contribution is -0.130. The number of rotatable bonds is 2. The molecule has 1 aromatic heterocycles. The maximum absolute atomic E-state index is 12.1. The van der Waals surface area contributed by atoms with Crippen LogP contribution in [0.2, 0.25) is 0 Å². The van der Waals surface area contributed by atoms with E-state index in [2.05, 4.69) is 20.5 Å². The van der Waals surface area contributed by atoms with E-state index in [0.717, 1.165) is 0 Å². The van der Waals surface area contributed by atoms with Crippen molar-refractivity contribution in [3.05, 3.63) is 20.8 Å². The normalized spacial score (nSPS) is 19.3. The SMILES string of the molecule is CN(C)C(=O)C1CNCCN1c1n[nH]c(=O)[nH]c1=O. The highest BCUT2D eigenvalue weighted by molar-refractivity contribution is 5.85. The Kier molecular flexibility index (Phi) is 3.65. The van der Waals surface area contributed by atoms with Crippen LogP contribution in [0.5, 0.6) is 0 Å². The zero-order valence-electron chi connectivity index (χ0n) is 10.8. The van der Waals surface area contributed by atoms with Crippen LogP contribution in [-0.4, -0.2) is 65.8 Å². The highest BCUT2D eigenvalue weighted by Crippen LogP contribution is 2.11. The molecule has 1 amide bonds. The minimum absolute atomic E-state index is 0.0568. The maximum atomic E-state index is 12.1. The fourth-order valence-corrected chi connectivity index (χ4v) is 2.01. The number of hydrogen-bond donors (Lipinski definition) is 3. The lowest BCUT2D eigenvalue weighted by Crippen LogP contribution is -2.59. The van der Waals surface area contributed by atoms with Crippen LogP contribution in [0.3, 0.4) is 0 Å². The molecule has 1 fully saturated rings. The second kappa shape index (κ2) is 5.22. The van der Waals surface area contributed by atoms with Crippen LogP contribution in [0.4, 0.5) is 5.82 Å². The van der Waals surface area contributed by atoms with Gasteiger partial charge in [-0.05, 0) is 0 Å². The van der Waals surface area contributed by atoms with Crippen LogP contribution in [0, 0.1) is 0 Å². The van der Waals surface area contributed by atoms with Gasteiger partial charge in [0.2, 0.25) is 11.7 Å². The van der Waals surface area contributed by atoms with E-state index in [4.69, 9.17) is 0 Å². The first-order valence-corrected chi connectivity index (χ1v) is 5.88. The number of aromatic amines is 2. The van der Waals surface area contributed by atoms with Gasteiger partial charge in [-0.25, -0.2) is 9.89 Å². The molecule has 2 rings (SSSR count).